The van der Waals surface area contributed by atoms with E-state index >= 15 is 0 Å². The van der Waals surface area contributed by atoms with Crippen LogP contribution in [0.3, 0.4) is 0 Å². The van der Waals surface area contributed by atoms with E-state index in [4.69, 9.17) is 15.0 Å². The average Bonchev–Trinajstić information content (AvgIpc) is 3.88. The summed E-state index contributed by atoms with van der Waals surface area (Å²) < 4.78 is 4.82. The lowest BCUT2D eigenvalue weighted by Crippen LogP contribution is -2.33. The second kappa shape index (κ2) is 15.2. The lowest BCUT2D eigenvalue weighted by Gasteiger charge is -2.42. The molecule has 12 aromatic rings. The molecule has 0 bridgehead atoms. The van der Waals surface area contributed by atoms with Crippen molar-refractivity contribution in [3.63, 3.8) is 0 Å². The maximum atomic E-state index is 5.18. The quantitative estimate of drug-likeness (QED) is 0.167. The van der Waals surface area contributed by atoms with Gasteiger partial charge in [0.2, 0.25) is 0 Å². The minimum absolute atomic E-state index is 0.0852. The summed E-state index contributed by atoms with van der Waals surface area (Å²) in [4.78, 5) is 15.4. The number of hydrogen-bond donors (Lipinski definition) is 0. The van der Waals surface area contributed by atoms with Crippen molar-refractivity contribution in [2.75, 3.05) is 0 Å². The second-order valence-corrected chi connectivity index (χ2v) is 20.0. The van der Waals surface area contributed by atoms with Gasteiger partial charge in [-0.25, -0.2) is 15.0 Å². The molecule has 9 aromatic carbocycles. The van der Waals surface area contributed by atoms with Gasteiger partial charge in [-0.1, -0.05) is 149 Å². The number of hydrogen-bond acceptors (Lipinski definition) is 3. The van der Waals surface area contributed by atoms with Crippen LogP contribution >= 0.6 is 0 Å². The largest absolute Gasteiger partial charge is 0.309 e. The molecule has 68 heavy (non-hydrogen) atoms. The fourth-order valence-corrected chi connectivity index (χ4v) is 11.0. The maximum Gasteiger partial charge on any atom is 0.164 e. The van der Waals surface area contributed by atoms with E-state index < -0.39 is 0 Å². The van der Waals surface area contributed by atoms with Crippen LogP contribution in [-0.2, 0) is 10.8 Å². The van der Waals surface area contributed by atoms with Crippen LogP contribution in [-0.4, -0.2) is 24.1 Å². The first-order valence-electron chi connectivity index (χ1n) is 23.8. The third kappa shape index (κ3) is 6.48. The molecule has 5 nitrogen and oxygen atoms in total. The summed E-state index contributed by atoms with van der Waals surface area (Å²) in [6.07, 6.45) is 2.34. The molecule has 326 valence electrons. The van der Waals surface area contributed by atoms with Gasteiger partial charge in [0.05, 0.1) is 22.1 Å². The van der Waals surface area contributed by atoms with Crippen molar-refractivity contribution in [3.05, 3.63) is 211 Å². The molecular formula is C63H49N5. The highest BCUT2D eigenvalue weighted by atomic mass is 15.0. The summed E-state index contributed by atoms with van der Waals surface area (Å²) >= 11 is 0. The first-order valence-corrected chi connectivity index (χ1v) is 23.8. The zero-order valence-electron chi connectivity index (χ0n) is 38.7. The van der Waals surface area contributed by atoms with E-state index in [1.165, 1.54) is 78.4 Å². The third-order valence-corrected chi connectivity index (χ3v) is 14.8. The third-order valence-electron chi connectivity index (χ3n) is 14.8. The molecule has 0 saturated carbocycles. The van der Waals surface area contributed by atoms with E-state index in [0.29, 0.717) is 17.5 Å². The summed E-state index contributed by atoms with van der Waals surface area (Å²) in [6, 6.07) is 72.2. The predicted molar refractivity (Wildman–Crippen MR) is 283 cm³/mol. The molecule has 0 spiro atoms. The zero-order valence-corrected chi connectivity index (χ0v) is 38.7. The summed E-state index contributed by atoms with van der Waals surface area (Å²) in [5.41, 5.74) is 15.3. The molecular weight excluding hydrogens is 827 g/mol. The van der Waals surface area contributed by atoms with E-state index in [9.17, 15) is 0 Å². The first kappa shape index (κ1) is 40.2. The molecule has 1 aliphatic rings. The smallest absolute Gasteiger partial charge is 0.164 e. The minimum Gasteiger partial charge on any atom is -0.309 e. The summed E-state index contributed by atoms with van der Waals surface area (Å²) in [6.45, 7) is 9.66. The Labute approximate surface area is 396 Å². The van der Waals surface area contributed by atoms with Crippen LogP contribution in [0.2, 0.25) is 0 Å². The van der Waals surface area contributed by atoms with E-state index in [1.807, 2.05) is 18.2 Å². The molecule has 0 radical (unpaired) electrons. The van der Waals surface area contributed by atoms with Crippen LogP contribution in [0.4, 0.5) is 0 Å². The Bertz CT molecular complexity index is 3930. The van der Waals surface area contributed by atoms with Crippen molar-refractivity contribution < 1.29 is 0 Å². The van der Waals surface area contributed by atoms with Gasteiger partial charge in [-0.05, 0) is 136 Å². The molecule has 0 amide bonds. The summed E-state index contributed by atoms with van der Waals surface area (Å²) in [5, 5.41) is 7.53. The SMILES string of the molecule is CC1(C)CCC(C)(C)c2cc3c(cc21)c1cc2ccccc2cc1n3-c1ccc(-c2nc(-c3ccccc3)nc(-c3ccc(-c4ccc5c(c4)c4ccccc4n5-c4ccccc4)cc3)n2)cc1. The van der Waals surface area contributed by atoms with Crippen LogP contribution in [0.1, 0.15) is 51.7 Å². The van der Waals surface area contributed by atoms with Gasteiger partial charge >= 0.3 is 0 Å². The van der Waals surface area contributed by atoms with Gasteiger partial charge in [0.15, 0.2) is 17.5 Å². The van der Waals surface area contributed by atoms with Crippen LogP contribution in [0.15, 0.2) is 200 Å². The Balaban J connectivity index is 0.903. The van der Waals surface area contributed by atoms with Crippen LogP contribution < -0.4 is 0 Å². The van der Waals surface area contributed by atoms with E-state index in [2.05, 4.69) is 219 Å². The Morgan fingerprint density at radius 3 is 1.44 bits per heavy atom. The maximum absolute atomic E-state index is 5.18. The molecule has 0 atom stereocenters. The van der Waals surface area contributed by atoms with E-state index in [1.54, 1.807) is 0 Å². The normalized spacial score (nSPS) is 14.3. The standard InChI is InChI=1S/C63H49N5/c1-62(2)33-34-63(3,4)54-39-58-52(38-53(54)62)51-35-44-17-11-12-18-45(44)37-57(51)68(58)48-30-27-43(28-31-48)61-65-59(41-15-7-5-8-16-41)64-60(66-61)42-25-23-40(24-26-42)46-29-32-56-50(36-46)49-21-13-14-22-55(49)67(56)47-19-9-6-10-20-47/h5-32,35-39H,33-34H2,1-4H3. The molecule has 13 rings (SSSR count). The number of fused-ring (bicyclic) bond motifs is 8. The molecule has 3 heterocycles. The number of nitrogens with zero attached hydrogens (tertiary/aromatic N) is 5. The molecule has 0 fully saturated rings. The van der Waals surface area contributed by atoms with Crippen molar-refractivity contribution in [2.45, 2.75) is 51.4 Å². The Kier molecular flexibility index (Phi) is 8.97. The van der Waals surface area contributed by atoms with Gasteiger partial charge in [-0.2, -0.15) is 0 Å². The average molecular weight is 876 g/mol. The number of benzene rings is 9. The van der Waals surface area contributed by atoms with Gasteiger partial charge < -0.3 is 9.13 Å². The molecule has 0 saturated heterocycles. The van der Waals surface area contributed by atoms with Crippen molar-refractivity contribution >= 4 is 54.4 Å². The highest BCUT2D eigenvalue weighted by Gasteiger charge is 2.38. The molecule has 0 N–H and O–H groups in total. The zero-order chi connectivity index (χ0) is 45.7. The Hall–Kier alpha value is -8.15. The van der Waals surface area contributed by atoms with Crippen molar-refractivity contribution in [1.29, 1.82) is 0 Å². The molecule has 0 unspecified atom stereocenters. The Morgan fingerprint density at radius 1 is 0.324 bits per heavy atom. The second-order valence-electron chi connectivity index (χ2n) is 20.0. The van der Waals surface area contributed by atoms with Gasteiger partial charge in [-0.3, -0.25) is 0 Å². The van der Waals surface area contributed by atoms with Gasteiger partial charge in [-0.15, -0.1) is 0 Å². The highest BCUT2D eigenvalue weighted by molar-refractivity contribution is 6.14. The van der Waals surface area contributed by atoms with E-state index in [-0.39, 0.29) is 10.8 Å². The van der Waals surface area contributed by atoms with Crippen LogP contribution in [0, 0.1) is 0 Å². The fraction of sp³-hybridized carbons (Fsp3) is 0.127. The summed E-state index contributed by atoms with van der Waals surface area (Å²) in [7, 11) is 0. The van der Waals surface area contributed by atoms with E-state index in [0.717, 1.165) is 39.2 Å². The van der Waals surface area contributed by atoms with Crippen molar-refractivity contribution in [1.82, 2.24) is 24.1 Å². The molecule has 5 heteroatoms. The lowest BCUT2D eigenvalue weighted by molar-refractivity contribution is 0.332. The van der Waals surface area contributed by atoms with Crippen LogP contribution in [0.5, 0.6) is 0 Å². The lowest BCUT2D eigenvalue weighted by atomic mass is 9.63. The van der Waals surface area contributed by atoms with Crippen LogP contribution in [0.25, 0.3) is 111 Å². The molecule has 3 aromatic heterocycles. The predicted octanol–water partition coefficient (Wildman–Crippen LogP) is 16.2. The number of rotatable bonds is 6. The van der Waals surface area contributed by atoms with Gasteiger partial charge in [0.25, 0.3) is 0 Å². The monoisotopic (exact) mass is 875 g/mol. The van der Waals surface area contributed by atoms with Gasteiger partial charge in [0.1, 0.15) is 0 Å². The molecule has 0 aliphatic heterocycles. The topological polar surface area (TPSA) is 48.5 Å². The summed E-state index contributed by atoms with van der Waals surface area (Å²) in [5.74, 6) is 1.91. The Morgan fingerprint density at radius 2 is 0.765 bits per heavy atom. The minimum atomic E-state index is 0.0852. The fourth-order valence-electron chi connectivity index (χ4n) is 11.0. The number of aromatic nitrogens is 5. The molecule has 1 aliphatic carbocycles. The first-order chi connectivity index (χ1) is 33.2. The van der Waals surface area contributed by atoms with Gasteiger partial charge in [0, 0.05) is 49.6 Å². The highest BCUT2D eigenvalue weighted by Crippen LogP contribution is 2.49. The van der Waals surface area contributed by atoms with Crippen molar-refractivity contribution in [2.24, 2.45) is 0 Å². The van der Waals surface area contributed by atoms with Crippen molar-refractivity contribution in [3.8, 4) is 56.7 Å². The number of para-hydroxylation sites is 2.